The third-order valence-electron chi connectivity index (χ3n) is 4.03. The largest absolute Gasteiger partial charge is 0.497 e. The van der Waals surface area contributed by atoms with Gasteiger partial charge in [-0.25, -0.2) is 9.97 Å². The fourth-order valence-corrected chi connectivity index (χ4v) is 2.81. The molecule has 6 heteroatoms. The molecule has 3 aromatic rings. The second kappa shape index (κ2) is 7.98. The normalized spacial score (nSPS) is 11.0. The summed E-state index contributed by atoms with van der Waals surface area (Å²) >= 11 is 0. The van der Waals surface area contributed by atoms with E-state index in [9.17, 15) is 0 Å². The zero-order chi connectivity index (χ0) is 17.6. The molecular formula is C19H24N4O2. The third-order valence-corrected chi connectivity index (χ3v) is 4.03. The number of aromatic nitrogens is 3. The third kappa shape index (κ3) is 4.09. The van der Waals surface area contributed by atoms with Gasteiger partial charge in [0.05, 0.1) is 13.7 Å². The van der Waals surface area contributed by atoms with Crippen LogP contribution in [0.15, 0.2) is 36.5 Å². The lowest BCUT2D eigenvalue weighted by atomic mass is 10.3. The van der Waals surface area contributed by atoms with E-state index in [1.54, 1.807) is 7.11 Å². The molecule has 0 fully saturated rings. The zero-order valence-corrected chi connectivity index (χ0v) is 14.7. The molecular weight excluding hydrogens is 316 g/mol. The van der Waals surface area contributed by atoms with Gasteiger partial charge in [-0.15, -0.1) is 0 Å². The predicted octanol–water partition coefficient (Wildman–Crippen LogP) is 2.72. The van der Waals surface area contributed by atoms with Crippen LogP contribution >= 0.6 is 0 Å². The number of hydrogen-bond donors (Lipinski definition) is 1. The number of hydrogen-bond acceptors (Lipinski definition) is 5. The average molecular weight is 340 g/mol. The van der Waals surface area contributed by atoms with Gasteiger partial charge < -0.3 is 19.8 Å². The highest BCUT2D eigenvalue weighted by molar-refractivity contribution is 5.72. The van der Waals surface area contributed by atoms with E-state index in [1.807, 2.05) is 37.4 Å². The lowest BCUT2D eigenvalue weighted by Crippen LogP contribution is -2.13. The standard InChI is InChI=1S/C19H24N4O2/c1-14-12-17-19(21-13-14)23(10-9-20)18(22-17)4-3-11-25-16-7-5-15(24-2)6-8-16/h5-8,12-13H,3-4,9-11,20H2,1-2H3. The molecule has 0 atom stereocenters. The van der Waals surface area contributed by atoms with Crippen molar-refractivity contribution in [3.8, 4) is 11.5 Å². The Hall–Kier alpha value is -2.60. The van der Waals surface area contributed by atoms with Gasteiger partial charge in [-0.05, 0) is 49.2 Å². The summed E-state index contributed by atoms with van der Waals surface area (Å²) < 4.78 is 13.0. The van der Waals surface area contributed by atoms with E-state index < -0.39 is 0 Å². The average Bonchev–Trinajstić information content (AvgIpc) is 2.96. The van der Waals surface area contributed by atoms with Crippen LogP contribution in [0.3, 0.4) is 0 Å². The van der Waals surface area contributed by atoms with E-state index in [1.165, 1.54) is 0 Å². The van der Waals surface area contributed by atoms with Crippen molar-refractivity contribution in [1.82, 2.24) is 14.5 Å². The minimum absolute atomic E-state index is 0.566. The van der Waals surface area contributed by atoms with Crippen molar-refractivity contribution >= 4 is 11.2 Å². The summed E-state index contributed by atoms with van der Waals surface area (Å²) in [6, 6.07) is 9.67. The topological polar surface area (TPSA) is 75.2 Å². The molecule has 25 heavy (non-hydrogen) atoms. The van der Waals surface area contributed by atoms with Gasteiger partial charge in [0.15, 0.2) is 5.65 Å². The Balaban J connectivity index is 1.62. The van der Waals surface area contributed by atoms with Crippen LogP contribution in [0.4, 0.5) is 0 Å². The Labute approximate surface area is 147 Å². The number of rotatable bonds is 8. The van der Waals surface area contributed by atoms with Crippen LogP contribution in [0, 0.1) is 6.92 Å². The first-order chi connectivity index (χ1) is 12.2. The first-order valence-electron chi connectivity index (χ1n) is 8.50. The summed E-state index contributed by atoms with van der Waals surface area (Å²) in [5, 5.41) is 0. The van der Waals surface area contributed by atoms with E-state index in [2.05, 4.69) is 15.6 Å². The van der Waals surface area contributed by atoms with Gasteiger partial charge in [0.1, 0.15) is 22.8 Å². The summed E-state index contributed by atoms with van der Waals surface area (Å²) in [7, 11) is 1.65. The van der Waals surface area contributed by atoms with Crippen molar-refractivity contribution in [3.63, 3.8) is 0 Å². The molecule has 0 radical (unpaired) electrons. The molecule has 2 N–H and O–H groups in total. The monoisotopic (exact) mass is 340 g/mol. The molecule has 3 rings (SSSR count). The van der Waals surface area contributed by atoms with E-state index in [0.29, 0.717) is 13.2 Å². The van der Waals surface area contributed by atoms with Crippen LogP contribution in [0.25, 0.3) is 11.2 Å². The van der Waals surface area contributed by atoms with Gasteiger partial charge in [0.2, 0.25) is 0 Å². The van der Waals surface area contributed by atoms with Gasteiger partial charge >= 0.3 is 0 Å². The molecule has 0 aliphatic carbocycles. The summed E-state index contributed by atoms with van der Waals surface area (Å²) in [5.74, 6) is 2.68. The Kier molecular flexibility index (Phi) is 5.50. The molecule has 2 aromatic heterocycles. The zero-order valence-electron chi connectivity index (χ0n) is 14.7. The Morgan fingerprint density at radius 1 is 1.16 bits per heavy atom. The van der Waals surface area contributed by atoms with Gasteiger partial charge in [0, 0.05) is 25.7 Å². The van der Waals surface area contributed by atoms with Gasteiger partial charge in [-0.3, -0.25) is 0 Å². The Bertz CT molecular complexity index is 827. The number of aryl methyl sites for hydroxylation is 2. The van der Waals surface area contributed by atoms with Gasteiger partial charge in [0.25, 0.3) is 0 Å². The van der Waals surface area contributed by atoms with E-state index >= 15 is 0 Å². The minimum Gasteiger partial charge on any atom is -0.497 e. The van der Waals surface area contributed by atoms with Crippen LogP contribution in [0.1, 0.15) is 17.8 Å². The molecule has 6 nitrogen and oxygen atoms in total. The SMILES string of the molecule is COc1ccc(OCCCc2nc3cc(C)cnc3n2CCN)cc1. The Morgan fingerprint density at radius 3 is 2.64 bits per heavy atom. The Morgan fingerprint density at radius 2 is 1.92 bits per heavy atom. The van der Waals surface area contributed by atoms with Crippen molar-refractivity contribution in [2.24, 2.45) is 5.73 Å². The molecule has 1 aromatic carbocycles. The van der Waals surface area contributed by atoms with Crippen molar-refractivity contribution in [2.45, 2.75) is 26.3 Å². The first kappa shape index (κ1) is 17.2. The molecule has 0 spiro atoms. The van der Waals surface area contributed by atoms with Crippen molar-refractivity contribution in [1.29, 1.82) is 0 Å². The molecule has 2 heterocycles. The van der Waals surface area contributed by atoms with Crippen molar-refractivity contribution in [2.75, 3.05) is 20.3 Å². The quantitative estimate of drug-likeness (QED) is 0.638. The first-order valence-corrected chi connectivity index (χ1v) is 8.50. The number of ether oxygens (including phenoxy) is 2. The maximum absolute atomic E-state index is 5.79. The van der Waals surface area contributed by atoms with Gasteiger partial charge in [-0.2, -0.15) is 0 Å². The van der Waals surface area contributed by atoms with E-state index in [4.69, 9.17) is 20.2 Å². The minimum atomic E-state index is 0.566. The van der Waals surface area contributed by atoms with Crippen LogP contribution in [-0.2, 0) is 13.0 Å². The highest BCUT2D eigenvalue weighted by Gasteiger charge is 2.11. The molecule has 0 unspecified atom stereocenters. The van der Waals surface area contributed by atoms with Crippen molar-refractivity contribution < 1.29 is 9.47 Å². The summed E-state index contributed by atoms with van der Waals surface area (Å²) in [6.45, 7) is 3.94. The number of benzene rings is 1. The maximum Gasteiger partial charge on any atom is 0.160 e. The number of nitrogens with zero attached hydrogens (tertiary/aromatic N) is 3. The van der Waals surface area contributed by atoms with Crippen LogP contribution in [0.5, 0.6) is 11.5 Å². The molecule has 0 saturated carbocycles. The maximum atomic E-state index is 5.79. The highest BCUT2D eigenvalue weighted by atomic mass is 16.5. The molecule has 0 aliphatic heterocycles. The second-order valence-corrected chi connectivity index (χ2v) is 5.95. The smallest absolute Gasteiger partial charge is 0.160 e. The number of imidazole rings is 1. The summed E-state index contributed by atoms with van der Waals surface area (Å²) in [4.78, 5) is 9.25. The lowest BCUT2D eigenvalue weighted by Gasteiger charge is -2.09. The molecule has 0 aliphatic rings. The molecule has 0 amide bonds. The fraction of sp³-hybridized carbons (Fsp3) is 0.368. The second-order valence-electron chi connectivity index (χ2n) is 5.95. The molecule has 132 valence electrons. The summed E-state index contributed by atoms with van der Waals surface area (Å²) in [5.41, 5.74) is 8.70. The lowest BCUT2D eigenvalue weighted by molar-refractivity contribution is 0.308. The summed E-state index contributed by atoms with van der Waals surface area (Å²) in [6.07, 6.45) is 3.57. The van der Waals surface area contributed by atoms with E-state index in [-0.39, 0.29) is 0 Å². The number of pyridine rings is 1. The predicted molar refractivity (Wildman–Crippen MR) is 98.1 cm³/mol. The number of nitrogens with two attached hydrogens (primary N) is 1. The molecule has 0 bridgehead atoms. The van der Waals surface area contributed by atoms with Crippen molar-refractivity contribution in [3.05, 3.63) is 47.9 Å². The fourth-order valence-electron chi connectivity index (χ4n) is 2.81. The van der Waals surface area contributed by atoms with E-state index in [0.717, 1.165) is 53.4 Å². The van der Waals surface area contributed by atoms with Crippen LogP contribution < -0.4 is 15.2 Å². The number of fused-ring (bicyclic) bond motifs is 1. The van der Waals surface area contributed by atoms with Gasteiger partial charge in [-0.1, -0.05) is 0 Å². The molecule has 0 saturated heterocycles. The number of methoxy groups -OCH3 is 1. The highest BCUT2D eigenvalue weighted by Crippen LogP contribution is 2.18. The van der Waals surface area contributed by atoms with Crippen LogP contribution in [0.2, 0.25) is 0 Å². The van der Waals surface area contributed by atoms with Crippen LogP contribution in [-0.4, -0.2) is 34.8 Å².